The van der Waals surface area contributed by atoms with E-state index < -0.39 is 0 Å². The first-order valence-electron chi connectivity index (χ1n) is 12.9. The second-order valence-electron chi connectivity index (χ2n) is 8.94. The molecule has 0 radical (unpaired) electrons. The minimum Gasteiger partial charge on any atom is -0.355 e. The highest BCUT2D eigenvalue weighted by Gasteiger charge is 2.40. The van der Waals surface area contributed by atoms with Crippen LogP contribution in [0.15, 0.2) is 36.0 Å². The standard InChI is InChI=1S/C25H40N4O.C2H6/c1-5-7-9-10-22-17-28(18-25(30)26-15-8-6-2)20(4)24-16-23(27-29(22)24)21-13-11-19(3)12-14-21;1-2/h11-14,16,20,22-23,27H,5-10,15,17-18H2,1-4H3,(H,26,30);1-2H3. The number of piperazine rings is 1. The van der Waals surface area contributed by atoms with Crippen molar-refractivity contribution in [3.05, 3.63) is 47.2 Å². The Hall–Kier alpha value is -1.85. The van der Waals surface area contributed by atoms with E-state index in [4.69, 9.17) is 0 Å². The van der Waals surface area contributed by atoms with Crippen molar-refractivity contribution in [2.45, 2.75) is 98.2 Å². The van der Waals surface area contributed by atoms with Gasteiger partial charge in [0, 0.05) is 24.8 Å². The summed E-state index contributed by atoms with van der Waals surface area (Å²) in [5, 5.41) is 5.50. The fraction of sp³-hybridized carbons (Fsp3) is 0.667. The Morgan fingerprint density at radius 3 is 2.44 bits per heavy atom. The molecular formula is C27H46N4O. The number of aryl methyl sites for hydroxylation is 1. The van der Waals surface area contributed by atoms with E-state index in [0.29, 0.717) is 12.6 Å². The van der Waals surface area contributed by atoms with Crippen LogP contribution < -0.4 is 10.7 Å². The van der Waals surface area contributed by atoms with Crippen molar-refractivity contribution < 1.29 is 4.79 Å². The number of carbonyl (C=O) groups is 1. The van der Waals surface area contributed by atoms with Gasteiger partial charge >= 0.3 is 0 Å². The second-order valence-corrected chi connectivity index (χ2v) is 8.94. The molecule has 0 saturated carbocycles. The molecule has 2 aliphatic heterocycles. The summed E-state index contributed by atoms with van der Waals surface area (Å²) in [5.41, 5.74) is 7.66. The molecule has 1 saturated heterocycles. The molecule has 1 aromatic rings. The number of rotatable bonds is 10. The van der Waals surface area contributed by atoms with Crippen LogP contribution in [0, 0.1) is 6.92 Å². The highest BCUT2D eigenvalue weighted by atomic mass is 16.2. The number of nitrogens with one attached hydrogen (secondary N) is 2. The number of fused-ring (bicyclic) bond motifs is 1. The summed E-state index contributed by atoms with van der Waals surface area (Å²) >= 11 is 0. The lowest BCUT2D eigenvalue weighted by Crippen LogP contribution is -2.59. The lowest BCUT2D eigenvalue weighted by atomic mass is 9.99. The normalized spacial score (nSPS) is 22.6. The third-order valence-electron chi connectivity index (χ3n) is 6.46. The van der Waals surface area contributed by atoms with Crippen LogP contribution in [0.3, 0.4) is 0 Å². The van der Waals surface area contributed by atoms with Crippen LogP contribution in [-0.2, 0) is 4.79 Å². The molecule has 5 heteroatoms. The highest BCUT2D eigenvalue weighted by Crippen LogP contribution is 2.34. The Morgan fingerprint density at radius 2 is 1.78 bits per heavy atom. The largest absolute Gasteiger partial charge is 0.355 e. The van der Waals surface area contributed by atoms with E-state index in [2.05, 4.69) is 78.7 Å². The van der Waals surface area contributed by atoms with Gasteiger partial charge in [0.15, 0.2) is 0 Å². The van der Waals surface area contributed by atoms with Gasteiger partial charge in [0.1, 0.15) is 0 Å². The van der Waals surface area contributed by atoms with Gasteiger partial charge in [-0.05, 0) is 38.3 Å². The molecule has 2 heterocycles. The Balaban J connectivity index is 0.00000176. The predicted molar refractivity (Wildman–Crippen MR) is 135 cm³/mol. The van der Waals surface area contributed by atoms with Crippen molar-refractivity contribution in [2.75, 3.05) is 19.6 Å². The van der Waals surface area contributed by atoms with Crippen LogP contribution in [0.5, 0.6) is 0 Å². The van der Waals surface area contributed by atoms with Crippen molar-refractivity contribution >= 4 is 5.91 Å². The van der Waals surface area contributed by atoms with Crippen LogP contribution in [0.2, 0.25) is 0 Å². The maximum Gasteiger partial charge on any atom is 0.234 e. The lowest BCUT2D eigenvalue weighted by molar-refractivity contribution is -0.123. The van der Waals surface area contributed by atoms with Gasteiger partial charge in [0.2, 0.25) is 5.91 Å². The Bertz CT molecular complexity index is 715. The van der Waals surface area contributed by atoms with Crippen LogP contribution in [0.4, 0.5) is 0 Å². The highest BCUT2D eigenvalue weighted by molar-refractivity contribution is 5.78. The maximum absolute atomic E-state index is 12.5. The van der Waals surface area contributed by atoms with Gasteiger partial charge in [-0.15, -0.1) is 0 Å². The second kappa shape index (κ2) is 13.6. The minimum atomic E-state index is 0.151. The topological polar surface area (TPSA) is 47.6 Å². The number of benzene rings is 1. The summed E-state index contributed by atoms with van der Waals surface area (Å²) in [7, 11) is 0. The minimum absolute atomic E-state index is 0.151. The fourth-order valence-electron chi connectivity index (χ4n) is 4.51. The summed E-state index contributed by atoms with van der Waals surface area (Å²) < 4.78 is 0. The monoisotopic (exact) mass is 442 g/mol. The Labute approximate surface area is 196 Å². The summed E-state index contributed by atoms with van der Waals surface area (Å²) in [6.07, 6.45) is 9.39. The fourth-order valence-corrected chi connectivity index (χ4v) is 4.51. The molecule has 1 aromatic carbocycles. The zero-order valence-electron chi connectivity index (χ0n) is 21.3. The number of hydrogen-bond acceptors (Lipinski definition) is 4. The summed E-state index contributed by atoms with van der Waals surface area (Å²) in [6.45, 7) is 15.0. The molecule has 5 nitrogen and oxygen atoms in total. The summed E-state index contributed by atoms with van der Waals surface area (Å²) in [6, 6.07) is 9.64. The van der Waals surface area contributed by atoms with Gasteiger partial charge < -0.3 is 10.3 Å². The summed E-state index contributed by atoms with van der Waals surface area (Å²) in [4.78, 5) is 14.9. The van der Waals surface area contributed by atoms with Crippen LogP contribution in [0.25, 0.3) is 0 Å². The predicted octanol–water partition coefficient (Wildman–Crippen LogP) is 5.34. The summed E-state index contributed by atoms with van der Waals surface area (Å²) in [5.74, 6) is 0.151. The Kier molecular flexibility index (Phi) is 11.3. The van der Waals surface area contributed by atoms with Gasteiger partial charge in [0.05, 0.1) is 18.6 Å². The third-order valence-corrected chi connectivity index (χ3v) is 6.46. The molecule has 0 bridgehead atoms. The third kappa shape index (κ3) is 7.08. The number of amides is 1. The average molecular weight is 443 g/mol. The number of nitrogens with zero attached hydrogens (tertiary/aromatic N) is 2. The van der Waals surface area contributed by atoms with Gasteiger partial charge in [0.25, 0.3) is 0 Å². The van der Waals surface area contributed by atoms with Gasteiger partial charge in [-0.2, -0.15) is 0 Å². The van der Waals surface area contributed by atoms with E-state index in [-0.39, 0.29) is 18.0 Å². The first-order valence-corrected chi connectivity index (χ1v) is 12.9. The molecule has 180 valence electrons. The van der Waals surface area contributed by atoms with Crippen LogP contribution in [0.1, 0.15) is 90.3 Å². The Morgan fingerprint density at radius 1 is 1.09 bits per heavy atom. The number of hydrogen-bond donors (Lipinski definition) is 2. The van der Waals surface area contributed by atoms with Crippen molar-refractivity contribution in [3.8, 4) is 0 Å². The van der Waals surface area contributed by atoms with E-state index in [1.807, 2.05) is 13.8 Å². The van der Waals surface area contributed by atoms with E-state index in [9.17, 15) is 4.79 Å². The molecular weight excluding hydrogens is 396 g/mol. The van der Waals surface area contributed by atoms with E-state index in [1.165, 1.54) is 36.1 Å². The van der Waals surface area contributed by atoms with Crippen molar-refractivity contribution in [1.29, 1.82) is 0 Å². The first-order chi connectivity index (χ1) is 15.5. The molecule has 0 spiro atoms. The van der Waals surface area contributed by atoms with Gasteiger partial charge in [-0.25, -0.2) is 5.43 Å². The van der Waals surface area contributed by atoms with Gasteiger partial charge in [-0.1, -0.05) is 83.2 Å². The molecule has 2 N–H and O–H groups in total. The smallest absolute Gasteiger partial charge is 0.234 e. The zero-order chi connectivity index (χ0) is 23.5. The van der Waals surface area contributed by atoms with Crippen LogP contribution >= 0.6 is 0 Å². The number of hydrazine groups is 1. The quantitative estimate of drug-likeness (QED) is 0.481. The molecule has 1 amide bonds. The zero-order valence-corrected chi connectivity index (χ0v) is 21.3. The first kappa shape index (κ1) is 26.4. The van der Waals surface area contributed by atoms with Crippen LogP contribution in [-0.4, -0.2) is 47.5 Å². The molecule has 1 fully saturated rings. The number of carbonyl (C=O) groups excluding carboxylic acids is 1. The lowest BCUT2D eigenvalue weighted by Gasteiger charge is -2.46. The maximum atomic E-state index is 12.5. The van der Waals surface area contributed by atoms with E-state index >= 15 is 0 Å². The van der Waals surface area contributed by atoms with Crippen molar-refractivity contribution in [1.82, 2.24) is 20.7 Å². The average Bonchev–Trinajstić information content (AvgIpc) is 3.25. The molecule has 3 rings (SSSR count). The van der Waals surface area contributed by atoms with E-state index in [0.717, 1.165) is 32.4 Å². The molecule has 32 heavy (non-hydrogen) atoms. The molecule has 3 atom stereocenters. The SMILES string of the molecule is CC.CCCCCC1CN(CC(=O)NCCCC)C(C)C2=CC(c3ccc(C)cc3)NN21. The van der Waals surface area contributed by atoms with Crippen molar-refractivity contribution in [3.63, 3.8) is 0 Å². The van der Waals surface area contributed by atoms with Crippen molar-refractivity contribution in [2.24, 2.45) is 0 Å². The number of unbranched alkanes of at least 4 members (excludes halogenated alkanes) is 3. The molecule has 0 aromatic heterocycles. The molecule has 0 aliphatic carbocycles. The molecule has 3 unspecified atom stereocenters. The van der Waals surface area contributed by atoms with E-state index in [1.54, 1.807) is 0 Å². The molecule has 2 aliphatic rings. The van der Waals surface area contributed by atoms with Gasteiger partial charge in [-0.3, -0.25) is 9.69 Å².